The minimum atomic E-state index is -0.253. The summed E-state index contributed by atoms with van der Waals surface area (Å²) in [5, 5.41) is 8.12. The van der Waals surface area contributed by atoms with E-state index in [9.17, 15) is 4.79 Å². The summed E-state index contributed by atoms with van der Waals surface area (Å²) >= 11 is 1.49. The lowest BCUT2D eigenvalue weighted by molar-refractivity contribution is -0.144. The Morgan fingerprint density at radius 1 is 0.963 bits per heavy atom. The number of aromatic nitrogens is 1. The van der Waals surface area contributed by atoms with E-state index in [0.717, 1.165) is 32.8 Å². The van der Waals surface area contributed by atoms with Crippen LogP contribution in [0.4, 0.5) is 10.8 Å². The Morgan fingerprint density at radius 2 is 1.74 bits per heavy atom. The molecule has 1 aromatic heterocycles. The summed E-state index contributed by atoms with van der Waals surface area (Å²) in [6.07, 6.45) is 0.251. The number of para-hydroxylation sites is 1. The number of ether oxygens (including phenoxy) is 1. The summed E-state index contributed by atoms with van der Waals surface area (Å²) in [6, 6.07) is 23.9. The molecule has 0 amide bonds. The molecule has 0 fully saturated rings. The fourth-order valence-corrected chi connectivity index (χ4v) is 3.60. The number of carbonyl (C=O) groups excluding carboxylic acids is 1. The molecule has 0 spiro atoms. The zero-order chi connectivity index (χ0) is 18.5. The smallest absolute Gasteiger partial charge is 0.310 e. The Labute approximate surface area is 161 Å². The molecule has 4 rings (SSSR count). The van der Waals surface area contributed by atoms with Crippen molar-refractivity contribution in [1.82, 2.24) is 4.98 Å². The lowest BCUT2D eigenvalue weighted by Gasteiger charge is -2.07. The van der Waals surface area contributed by atoms with Crippen LogP contribution in [-0.2, 0) is 22.6 Å². The number of hydrogen-bond donors (Lipinski definition) is 1. The van der Waals surface area contributed by atoms with Gasteiger partial charge in [0.2, 0.25) is 0 Å². The number of rotatable bonds is 6. The molecule has 0 aliphatic rings. The van der Waals surface area contributed by atoms with Crippen LogP contribution in [0.3, 0.4) is 0 Å². The molecule has 134 valence electrons. The molecule has 27 heavy (non-hydrogen) atoms. The van der Waals surface area contributed by atoms with Gasteiger partial charge in [-0.1, -0.05) is 60.7 Å². The van der Waals surface area contributed by atoms with Gasteiger partial charge in [-0.25, -0.2) is 4.98 Å². The monoisotopic (exact) mass is 374 g/mol. The average molecular weight is 374 g/mol. The Bertz CT molecular complexity index is 1050. The summed E-state index contributed by atoms with van der Waals surface area (Å²) in [4.78, 5) is 16.7. The first-order valence-corrected chi connectivity index (χ1v) is 9.55. The van der Waals surface area contributed by atoms with E-state index in [2.05, 4.69) is 10.3 Å². The molecule has 0 saturated carbocycles. The second-order valence-corrected chi connectivity index (χ2v) is 6.97. The largest absolute Gasteiger partial charge is 0.459 e. The Hall–Kier alpha value is -3.18. The van der Waals surface area contributed by atoms with Crippen LogP contribution in [-0.4, -0.2) is 11.0 Å². The van der Waals surface area contributed by atoms with Crippen molar-refractivity contribution >= 4 is 38.9 Å². The van der Waals surface area contributed by atoms with Crippen LogP contribution in [0.5, 0.6) is 0 Å². The first-order chi connectivity index (χ1) is 13.3. The summed E-state index contributed by atoms with van der Waals surface area (Å²) in [7, 11) is 0. The number of fused-ring (bicyclic) bond motifs is 1. The third-order valence-corrected chi connectivity index (χ3v) is 4.98. The van der Waals surface area contributed by atoms with Crippen molar-refractivity contribution in [1.29, 1.82) is 0 Å². The Kier molecular flexibility index (Phi) is 5.12. The van der Waals surface area contributed by atoms with Gasteiger partial charge in [-0.2, -0.15) is 0 Å². The highest BCUT2D eigenvalue weighted by molar-refractivity contribution is 7.13. The molecule has 0 saturated heterocycles. The van der Waals surface area contributed by atoms with Crippen LogP contribution in [0.2, 0.25) is 0 Å². The number of benzene rings is 3. The second-order valence-electron chi connectivity index (χ2n) is 6.11. The minimum absolute atomic E-state index is 0.177. The van der Waals surface area contributed by atoms with E-state index in [1.165, 1.54) is 11.3 Å². The molecule has 3 aromatic carbocycles. The lowest BCUT2D eigenvalue weighted by Crippen LogP contribution is -2.08. The number of hydrogen-bond acceptors (Lipinski definition) is 5. The average Bonchev–Trinajstić information content (AvgIpc) is 3.15. The standard InChI is InChI=1S/C22H18N2O2S/c25-21(13-17-9-6-8-16-7-4-5-12-20(16)17)26-14-19-15-27-22(24-19)23-18-10-2-1-3-11-18/h1-12,15H,13-14H2,(H,23,24). The van der Waals surface area contributed by atoms with E-state index in [1.807, 2.05) is 78.2 Å². The molecular formula is C22H18N2O2S. The maximum absolute atomic E-state index is 12.3. The lowest BCUT2D eigenvalue weighted by atomic mass is 10.0. The van der Waals surface area contributed by atoms with Crippen molar-refractivity contribution < 1.29 is 9.53 Å². The van der Waals surface area contributed by atoms with Crippen molar-refractivity contribution in [2.45, 2.75) is 13.0 Å². The van der Waals surface area contributed by atoms with Crippen LogP contribution in [0, 0.1) is 0 Å². The van der Waals surface area contributed by atoms with Crippen molar-refractivity contribution in [3.63, 3.8) is 0 Å². The van der Waals surface area contributed by atoms with Crippen LogP contribution >= 0.6 is 11.3 Å². The molecule has 0 aliphatic heterocycles. The normalized spacial score (nSPS) is 10.7. The minimum Gasteiger partial charge on any atom is -0.459 e. The molecule has 0 atom stereocenters. The molecule has 4 nitrogen and oxygen atoms in total. The highest BCUT2D eigenvalue weighted by atomic mass is 32.1. The van der Waals surface area contributed by atoms with E-state index in [4.69, 9.17) is 4.74 Å². The summed E-state index contributed by atoms with van der Waals surface area (Å²) in [5.74, 6) is -0.253. The van der Waals surface area contributed by atoms with Crippen molar-refractivity contribution in [2.75, 3.05) is 5.32 Å². The number of esters is 1. The van der Waals surface area contributed by atoms with E-state index in [0.29, 0.717) is 0 Å². The van der Waals surface area contributed by atoms with Gasteiger partial charge < -0.3 is 10.1 Å². The van der Waals surface area contributed by atoms with Crippen molar-refractivity contribution in [3.8, 4) is 0 Å². The van der Waals surface area contributed by atoms with Gasteiger partial charge in [-0.3, -0.25) is 4.79 Å². The van der Waals surface area contributed by atoms with Crippen molar-refractivity contribution in [3.05, 3.63) is 89.4 Å². The van der Waals surface area contributed by atoms with Crippen LogP contribution < -0.4 is 5.32 Å². The first-order valence-electron chi connectivity index (χ1n) is 8.67. The molecule has 0 aliphatic carbocycles. The SMILES string of the molecule is O=C(Cc1cccc2ccccc12)OCc1csc(Nc2ccccc2)n1. The van der Waals surface area contributed by atoms with E-state index >= 15 is 0 Å². The second kappa shape index (κ2) is 8.01. The summed E-state index contributed by atoms with van der Waals surface area (Å²) < 4.78 is 5.42. The van der Waals surface area contributed by atoms with Crippen LogP contribution in [0.15, 0.2) is 78.2 Å². The molecular weight excluding hydrogens is 356 g/mol. The molecule has 5 heteroatoms. The predicted molar refractivity (Wildman–Crippen MR) is 109 cm³/mol. The fourth-order valence-electron chi connectivity index (χ4n) is 2.88. The number of carbonyl (C=O) groups is 1. The maximum atomic E-state index is 12.3. The maximum Gasteiger partial charge on any atom is 0.310 e. The molecule has 1 N–H and O–H groups in total. The van der Waals surface area contributed by atoms with E-state index in [1.54, 1.807) is 0 Å². The third-order valence-electron chi connectivity index (χ3n) is 4.17. The molecule has 0 radical (unpaired) electrons. The van der Waals surface area contributed by atoms with Gasteiger partial charge in [-0.05, 0) is 28.5 Å². The van der Waals surface area contributed by atoms with Gasteiger partial charge >= 0.3 is 5.97 Å². The van der Waals surface area contributed by atoms with Crippen LogP contribution in [0.25, 0.3) is 10.8 Å². The van der Waals surface area contributed by atoms with E-state index in [-0.39, 0.29) is 19.0 Å². The first kappa shape index (κ1) is 17.2. The third kappa shape index (κ3) is 4.33. The van der Waals surface area contributed by atoms with Gasteiger partial charge in [0.1, 0.15) is 6.61 Å². The van der Waals surface area contributed by atoms with Gasteiger partial charge in [0.15, 0.2) is 5.13 Å². The molecule has 0 bridgehead atoms. The zero-order valence-electron chi connectivity index (χ0n) is 14.6. The van der Waals surface area contributed by atoms with E-state index < -0.39 is 0 Å². The van der Waals surface area contributed by atoms with Gasteiger partial charge in [0, 0.05) is 11.1 Å². The van der Waals surface area contributed by atoms with Crippen molar-refractivity contribution in [2.24, 2.45) is 0 Å². The Balaban J connectivity index is 1.35. The Morgan fingerprint density at radius 3 is 2.63 bits per heavy atom. The summed E-state index contributed by atoms with van der Waals surface area (Å²) in [6.45, 7) is 0.177. The number of anilines is 2. The van der Waals surface area contributed by atoms with Gasteiger partial charge in [0.25, 0.3) is 0 Å². The van der Waals surface area contributed by atoms with Crippen LogP contribution in [0.1, 0.15) is 11.3 Å². The molecule has 4 aromatic rings. The van der Waals surface area contributed by atoms with Gasteiger partial charge in [0.05, 0.1) is 12.1 Å². The predicted octanol–water partition coefficient (Wildman–Crippen LogP) is 5.33. The number of thiazole rings is 1. The fraction of sp³-hybridized carbons (Fsp3) is 0.0909. The summed E-state index contributed by atoms with van der Waals surface area (Å²) in [5.41, 5.74) is 2.69. The number of nitrogens with zero attached hydrogens (tertiary/aromatic N) is 1. The number of nitrogens with one attached hydrogen (secondary N) is 1. The molecule has 0 unspecified atom stereocenters. The quantitative estimate of drug-likeness (QED) is 0.464. The molecule has 1 heterocycles. The highest BCUT2D eigenvalue weighted by Gasteiger charge is 2.10. The topological polar surface area (TPSA) is 51.2 Å². The highest BCUT2D eigenvalue weighted by Crippen LogP contribution is 2.22. The zero-order valence-corrected chi connectivity index (χ0v) is 15.4. The van der Waals surface area contributed by atoms with Gasteiger partial charge in [-0.15, -0.1) is 11.3 Å².